The molecular formula is C5H11NO. The number of aliphatic imine (C=N–C) groups is 1. The van der Waals surface area contributed by atoms with E-state index in [9.17, 15) is 0 Å². The molecule has 7 heavy (non-hydrogen) atoms. The third-order valence-electron chi connectivity index (χ3n) is 0.787. The summed E-state index contributed by atoms with van der Waals surface area (Å²) in [6.45, 7) is 2.01. The Morgan fingerprint density at radius 1 is 1.71 bits per heavy atom. The molecule has 0 aliphatic rings. The van der Waals surface area contributed by atoms with Crippen LogP contribution in [-0.2, 0) is 4.74 Å². The van der Waals surface area contributed by atoms with Crippen LogP contribution in [0, 0.1) is 0 Å². The van der Waals surface area contributed by atoms with E-state index in [2.05, 4.69) is 4.99 Å². The molecule has 0 aliphatic heterocycles. The maximum Gasteiger partial charge on any atom is 0.182 e. The Morgan fingerprint density at radius 3 is 2.29 bits per heavy atom. The first-order valence-electron chi connectivity index (χ1n) is 2.34. The van der Waals surface area contributed by atoms with Crippen LogP contribution in [0.5, 0.6) is 0 Å². The molecule has 2 nitrogen and oxygen atoms in total. The molecule has 0 N–H and O–H groups in total. The molecule has 0 aromatic carbocycles. The number of hydrogen-bond donors (Lipinski definition) is 0. The number of nitrogens with zero attached hydrogens (tertiary/aromatic N) is 1. The van der Waals surface area contributed by atoms with Crippen molar-refractivity contribution in [1.29, 1.82) is 0 Å². The Kier molecular flexibility index (Phi) is 3.38. The first kappa shape index (κ1) is 6.47. The SMILES string of the molecule is CC/C(=N\C)OC. The fraction of sp³-hybridized carbons (Fsp3) is 0.800. The molecule has 0 aromatic rings. The first-order chi connectivity index (χ1) is 3.35. The molecule has 0 saturated heterocycles. The topological polar surface area (TPSA) is 21.6 Å². The number of methoxy groups -OCH3 is 1. The van der Waals surface area contributed by atoms with Crippen molar-refractivity contribution in [1.82, 2.24) is 0 Å². The lowest BCUT2D eigenvalue weighted by atomic mass is 10.5. The van der Waals surface area contributed by atoms with Crippen LogP contribution in [0.2, 0.25) is 0 Å². The lowest BCUT2D eigenvalue weighted by Crippen LogP contribution is -1.96. The molecule has 0 amide bonds. The first-order valence-corrected chi connectivity index (χ1v) is 2.34. The lowest BCUT2D eigenvalue weighted by Gasteiger charge is -1.95. The van der Waals surface area contributed by atoms with Gasteiger partial charge in [0.25, 0.3) is 0 Å². The molecule has 0 aliphatic carbocycles. The van der Waals surface area contributed by atoms with E-state index >= 15 is 0 Å². The number of ether oxygens (including phenoxy) is 1. The number of rotatable bonds is 1. The number of hydrogen-bond acceptors (Lipinski definition) is 2. The predicted molar refractivity (Wildman–Crippen MR) is 30.7 cm³/mol. The maximum atomic E-state index is 4.80. The van der Waals surface area contributed by atoms with E-state index < -0.39 is 0 Å². The summed E-state index contributed by atoms with van der Waals surface area (Å²) >= 11 is 0. The minimum atomic E-state index is 0.806. The van der Waals surface area contributed by atoms with Gasteiger partial charge in [0, 0.05) is 13.5 Å². The van der Waals surface area contributed by atoms with E-state index in [0.29, 0.717) is 0 Å². The molecule has 0 rings (SSSR count). The van der Waals surface area contributed by atoms with Crippen LogP contribution in [0.1, 0.15) is 13.3 Å². The van der Waals surface area contributed by atoms with Gasteiger partial charge in [-0.2, -0.15) is 0 Å². The summed E-state index contributed by atoms with van der Waals surface area (Å²) in [5, 5.41) is 0. The van der Waals surface area contributed by atoms with Gasteiger partial charge in [-0.25, -0.2) is 0 Å². The van der Waals surface area contributed by atoms with Crippen molar-refractivity contribution in [2.45, 2.75) is 13.3 Å². The van der Waals surface area contributed by atoms with Gasteiger partial charge in [-0.15, -0.1) is 0 Å². The predicted octanol–water partition coefficient (Wildman–Crippen LogP) is 1.07. The van der Waals surface area contributed by atoms with Gasteiger partial charge in [-0.05, 0) is 0 Å². The zero-order chi connectivity index (χ0) is 5.70. The molecule has 2 heteroatoms. The van der Waals surface area contributed by atoms with Crippen molar-refractivity contribution in [3.63, 3.8) is 0 Å². The fourth-order valence-electron chi connectivity index (χ4n) is 0.394. The van der Waals surface area contributed by atoms with Crippen LogP contribution in [0.15, 0.2) is 4.99 Å². The summed E-state index contributed by atoms with van der Waals surface area (Å²) in [5.74, 6) is 0.806. The zero-order valence-electron chi connectivity index (χ0n) is 5.06. The highest BCUT2D eigenvalue weighted by Crippen LogP contribution is 1.82. The van der Waals surface area contributed by atoms with Crippen molar-refractivity contribution in [2.75, 3.05) is 14.2 Å². The summed E-state index contributed by atoms with van der Waals surface area (Å²) in [6.07, 6.45) is 0.882. The van der Waals surface area contributed by atoms with Gasteiger partial charge in [0.2, 0.25) is 0 Å². The monoisotopic (exact) mass is 101 g/mol. The fourth-order valence-corrected chi connectivity index (χ4v) is 0.394. The standard InChI is InChI=1S/C5H11NO/c1-4-5(6-2)7-3/h4H2,1-3H3/b6-5+. The van der Waals surface area contributed by atoms with Gasteiger partial charge < -0.3 is 4.74 Å². The Hall–Kier alpha value is -0.530. The second-order valence-electron chi connectivity index (χ2n) is 1.18. The average molecular weight is 101 g/mol. The molecule has 0 bridgehead atoms. The van der Waals surface area contributed by atoms with Crippen LogP contribution in [0.4, 0.5) is 0 Å². The summed E-state index contributed by atoms with van der Waals surface area (Å²) < 4.78 is 4.80. The molecule has 0 saturated carbocycles. The van der Waals surface area contributed by atoms with Crippen molar-refractivity contribution in [3.05, 3.63) is 0 Å². The summed E-state index contributed by atoms with van der Waals surface area (Å²) in [7, 11) is 3.36. The molecule has 42 valence electrons. The minimum absolute atomic E-state index is 0.806. The quantitative estimate of drug-likeness (QED) is 0.357. The van der Waals surface area contributed by atoms with Crippen LogP contribution >= 0.6 is 0 Å². The Bertz CT molecular complexity index is 62.5. The third-order valence-corrected chi connectivity index (χ3v) is 0.787. The Morgan fingerprint density at radius 2 is 2.29 bits per heavy atom. The second-order valence-corrected chi connectivity index (χ2v) is 1.18. The van der Waals surface area contributed by atoms with Gasteiger partial charge in [0.1, 0.15) is 0 Å². The van der Waals surface area contributed by atoms with Crippen LogP contribution in [-0.4, -0.2) is 20.1 Å². The van der Waals surface area contributed by atoms with E-state index in [1.807, 2.05) is 6.92 Å². The average Bonchev–Trinajstić information content (AvgIpc) is 1.72. The molecule has 0 fully saturated rings. The molecule has 0 aromatic heterocycles. The third kappa shape index (κ3) is 2.20. The van der Waals surface area contributed by atoms with Gasteiger partial charge >= 0.3 is 0 Å². The summed E-state index contributed by atoms with van der Waals surface area (Å²) in [5.41, 5.74) is 0. The summed E-state index contributed by atoms with van der Waals surface area (Å²) in [4.78, 5) is 3.82. The smallest absolute Gasteiger partial charge is 0.182 e. The van der Waals surface area contributed by atoms with E-state index in [4.69, 9.17) is 4.74 Å². The normalized spacial score (nSPS) is 11.6. The van der Waals surface area contributed by atoms with Gasteiger partial charge in [0.05, 0.1) is 7.11 Å². The van der Waals surface area contributed by atoms with Crippen LogP contribution in [0.25, 0.3) is 0 Å². The van der Waals surface area contributed by atoms with Crippen molar-refractivity contribution >= 4 is 5.90 Å². The highest BCUT2D eigenvalue weighted by Gasteiger charge is 1.85. The largest absolute Gasteiger partial charge is 0.484 e. The van der Waals surface area contributed by atoms with E-state index in [1.165, 1.54) is 0 Å². The molecule has 0 unspecified atom stereocenters. The molecule has 0 spiro atoms. The molecule has 0 radical (unpaired) electrons. The van der Waals surface area contributed by atoms with Crippen molar-refractivity contribution in [3.8, 4) is 0 Å². The highest BCUT2D eigenvalue weighted by atomic mass is 16.5. The van der Waals surface area contributed by atoms with E-state index in [0.717, 1.165) is 12.3 Å². The molecule has 0 atom stereocenters. The van der Waals surface area contributed by atoms with E-state index in [-0.39, 0.29) is 0 Å². The van der Waals surface area contributed by atoms with Crippen LogP contribution in [0.3, 0.4) is 0 Å². The second kappa shape index (κ2) is 3.65. The van der Waals surface area contributed by atoms with Gasteiger partial charge in [-0.1, -0.05) is 6.92 Å². The van der Waals surface area contributed by atoms with Gasteiger partial charge in [-0.3, -0.25) is 4.99 Å². The maximum absolute atomic E-state index is 4.80. The molecular weight excluding hydrogens is 90.1 g/mol. The molecule has 0 heterocycles. The van der Waals surface area contributed by atoms with E-state index in [1.54, 1.807) is 14.2 Å². The Labute approximate surface area is 44.2 Å². The minimum Gasteiger partial charge on any atom is -0.484 e. The van der Waals surface area contributed by atoms with Crippen molar-refractivity contribution in [2.24, 2.45) is 4.99 Å². The highest BCUT2D eigenvalue weighted by molar-refractivity contribution is 5.75. The van der Waals surface area contributed by atoms with Gasteiger partial charge in [0.15, 0.2) is 5.90 Å². The van der Waals surface area contributed by atoms with Crippen molar-refractivity contribution < 1.29 is 4.74 Å². The lowest BCUT2D eigenvalue weighted by molar-refractivity contribution is 0.391. The summed E-state index contributed by atoms with van der Waals surface area (Å²) in [6, 6.07) is 0. The van der Waals surface area contributed by atoms with Crippen LogP contribution < -0.4 is 0 Å². The zero-order valence-corrected chi connectivity index (χ0v) is 5.06. The Balaban J connectivity index is 3.38.